The monoisotopic (exact) mass is 168 g/mol. The first-order valence-corrected chi connectivity index (χ1v) is 5.05. The molecule has 0 aliphatic carbocycles. The van der Waals surface area contributed by atoms with Gasteiger partial charge in [-0.05, 0) is 0 Å². The van der Waals surface area contributed by atoms with Crippen LogP contribution < -0.4 is 11.5 Å². The minimum atomic E-state index is 0. The molecule has 0 aromatic carbocycles. The summed E-state index contributed by atoms with van der Waals surface area (Å²) in [7, 11) is 3.58. The van der Waals surface area contributed by atoms with Crippen LogP contribution in [0, 0.1) is 0 Å². The number of rotatable bonds is 5. The zero-order chi connectivity index (χ0) is 6.24. The summed E-state index contributed by atoms with van der Waals surface area (Å²) in [6, 6.07) is 0. The molecule has 0 saturated carbocycles. The Labute approximate surface area is 65.5 Å². The van der Waals surface area contributed by atoms with Crippen molar-refractivity contribution >= 4 is 21.6 Å². The summed E-state index contributed by atoms with van der Waals surface area (Å²) in [5.74, 6) is 2.06. The van der Waals surface area contributed by atoms with E-state index < -0.39 is 0 Å². The molecule has 58 valence electrons. The normalized spacial score (nSPS) is 8.67. The van der Waals surface area contributed by atoms with Crippen molar-refractivity contribution < 1.29 is 0 Å². The van der Waals surface area contributed by atoms with Crippen molar-refractivity contribution in [2.24, 2.45) is 11.5 Å². The quantitative estimate of drug-likeness (QED) is 0.473. The van der Waals surface area contributed by atoms with E-state index in [9.17, 15) is 0 Å². The van der Waals surface area contributed by atoms with Crippen LogP contribution in [0.15, 0.2) is 0 Å². The van der Waals surface area contributed by atoms with Gasteiger partial charge in [-0.15, -0.1) is 0 Å². The molecule has 0 rings (SSSR count). The molecule has 0 spiro atoms. The second-order valence-electron chi connectivity index (χ2n) is 1.22. The Morgan fingerprint density at radius 2 is 1.22 bits per heavy atom. The average molecular weight is 168 g/mol. The van der Waals surface area contributed by atoms with Gasteiger partial charge < -0.3 is 11.5 Å². The third-order valence-electron chi connectivity index (χ3n) is 0.486. The summed E-state index contributed by atoms with van der Waals surface area (Å²) in [5, 5.41) is 0. The fourth-order valence-electron chi connectivity index (χ4n) is 0.214. The molecular formula is C5H16N2S2. The van der Waals surface area contributed by atoms with Crippen LogP contribution >= 0.6 is 21.6 Å². The maximum Gasteiger partial charge on any atom is 0.0160 e. The molecule has 4 N–H and O–H groups in total. The van der Waals surface area contributed by atoms with Crippen LogP contribution in [0.5, 0.6) is 0 Å². The maximum absolute atomic E-state index is 5.25. The molecular weight excluding hydrogens is 152 g/mol. The topological polar surface area (TPSA) is 52.0 Å². The van der Waals surface area contributed by atoms with E-state index in [-0.39, 0.29) is 7.43 Å². The minimum absolute atomic E-state index is 0. The van der Waals surface area contributed by atoms with Gasteiger partial charge in [-0.25, -0.2) is 0 Å². The molecule has 0 aromatic rings. The lowest BCUT2D eigenvalue weighted by Crippen LogP contribution is -2.02. The van der Waals surface area contributed by atoms with Crippen molar-refractivity contribution in [2.45, 2.75) is 7.43 Å². The predicted octanol–water partition coefficient (Wildman–Crippen LogP) is 0.921. The van der Waals surface area contributed by atoms with Gasteiger partial charge in [0.2, 0.25) is 0 Å². The Morgan fingerprint density at radius 3 is 1.44 bits per heavy atom. The first kappa shape index (κ1) is 12.3. The van der Waals surface area contributed by atoms with Gasteiger partial charge >= 0.3 is 0 Å². The molecule has 0 heterocycles. The second-order valence-corrected chi connectivity index (χ2v) is 3.92. The lowest BCUT2D eigenvalue weighted by atomic mass is 10.8. The fourth-order valence-corrected chi connectivity index (χ4v) is 1.93. The SMILES string of the molecule is C.NCCSSCCN. The van der Waals surface area contributed by atoms with Crippen molar-refractivity contribution in [3.63, 3.8) is 0 Å². The Hall–Kier alpha value is 0.620. The van der Waals surface area contributed by atoms with Crippen LogP contribution in [0.3, 0.4) is 0 Å². The molecule has 9 heavy (non-hydrogen) atoms. The van der Waals surface area contributed by atoms with Crippen molar-refractivity contribution in [3.05, 3.63) is 0 Å². The van der Waals surface area contributed by atoms with Crippen LogP contribution in [-0.4, -0.2) is 24.6 Å². The van der Waals surface area contributed by atoms with Gasteiger partial charge in [-0.1, -0.05) is 29.0 Å². The molecule has 0 atom stereocenters. The first-order chi connectivity index (χ1) is 3.91. The molecule has 0 saturated heterocycles. The van der Waals surface area contributed by atoms with E-state index in [1.807, 2.05) is 0 Å². The third-order valence-corrected chi connectivity index (χ3v) is 2.96. The molecule has 4 heteroatoms. The number of hydrogen-bond acceptors (Lipinski definition) is 4. The molecule has 0 aromatic heterocycles. The van der Waals surface area contributed by atoms with E-state index in [4.69, 9.17) is 11.5 Å². The van der Waals surface area contributed by atoms with E-state index in [0.717, 1.165) is 24.6 Å². The zero-order valence-electron chi connectivity index (χ0n) is 4.80. The fraction of sp³-hybridized carbons (Fsp3) is 1.00. The van der Waals surface area contributed by atoms with Crippen molar-refractivity contribution in [1.29, 1.82) is 0 Å². The van der Waals surface area contributed by atoms with Crippen molar-refractivity contribution in [2.75, 3.05) is 24.6 Å². The van der Waals surface area contributed by atoms with E-state index in [1.54, 1.807) is 21.6 Å². The van der Waals surface area contributed by atoms with Crippen LogP contribution in [-0.2, 0) is 0 Å². The zero-order valence-corrected chi connectivity index (χ0v) is 6.43. The van der Waals surface area contributed by atoms with Crippen LogP contribution in [0.2, 0.25) is 0 Å². The Bertz CT molecular complexity index is 37.9. The van der Waals surface area contributed by atoms with Gasteiger partial charge in [-0.2, -0.15) is 0 Å². The second kappa shape index (κ2) is 11.4. The Balaban J connectivity index is 0. The minimum Gasteiger partial charge on any atom is -0.330 e. The standard InChI is InChI=1S/C4H12N2S2.CH4/c5-1-3-7-8-4-2-6;/h1-6H2;1H4. The van der Waals surface area contributed by atoms with Gasteiger partial charge in [-0.3, -0.25) is 0 Å². The number of nitrogens with two attached hydrogens (primary N) is 2. The lowest BCUT2D eigenvalue weighted by molar-refractivity contribution is 1.15. The maximum atomic E-state index is 5.25. The highest BCUT2D eigenvalue weighted by atomic mass is 33.1. The van der Waals surface area contributed by atoms with Crippen molar-refractivity contribution in [3.8, 4) is 0 Å². The van der Waals surface area contributed by atoms with Gasteiger partial charge in [0.1, 0.15) is 0 Å². The summed E-state index contributed by atoms with van der Waals surface area (Å²) in [5.41, 5.74) is 10.5. The summed E-state index contributed by atoms with van der Waals surface area (Å²) in [6.45, 7) is 1.53. The summed E-state index contributed by atoms with van der Waals surface area (Å²) >= 11 is 0. The molecule has 0 aliphatic heterocycles. The molecule has 0 radical (unpaired) electrons. The van der Waals surface area contributed by atoms with Crippen LogP contribution in [0.1, 0.15) is 7.43 Å². The van der Waals surface area contributed by atoms with E-state index in [2.05, 4.69) is 0 Å². The summed E-state index contributed by atoms with van der Waals surface area (Å²) in [6.07, 6.45) is 0. The van der Waals surface area contributed by atoms with E-state index >= 15 is 0 Å². The van der Waals surface area contributed by atoms with Crippen LogP contribution in [0.25, 0.3) is 0 Å². The largest absolute Gasteiger partial charge is 0.330 e. The highest BCUT2D eigenvalue weighted by Crippen LogP contribution is 2.18. The Kier molecular flexibility index (Phi) is 15.6. The highest BCUT2D eigenvalue weighted by molar-refractivity contribution is 8.76. The lowest BCUT2D eigenvalue weighted by Gasteiger charge is -1.93. The van der Waals surface area contributed by atoms with Gasteiger partial charge in [0, 0.05) is 24.6 Å². The van der Waals surface area contributed by atoms with Gasteiger partial charge in [0.05, 0.1) is 0 Å². The van der Waals surface area contributed by atoms with Crippen LogP contribution in [0.4, 0.5) is 0 Å². The molecule has 0 amide bonds. The van der Waals surface area contributed by atoms with E-state index in [0.29, 0.717) is 0 Å². The van der Waals surface area contributed by atoms with E-state index in [1.165, 1.54) is 0 Å². The molecule has 0 unspecified atom stereocenters. The molecule has 2 nitrogen and oxygen atoms in total. The first-order valence-electron chi connectivity index (χ1n) is 2.56. The Morgan fingerprint density at radius 1 is 0.889 bits per heavy atom. The third kappa shape index (κ3) is 12.0. The highest BCUT2D eigenvalue weighted by Gasteiger charge is 1.84. The van der Waals surface area contributed by atoms with Gasteiger partial charge in [0.25, 0.3) is 0 Å². The predicted molar refractivity (Wildman–Crippen MR) is 49.8 cm³/mol. The molecule has 0 aliphatic rings. The van der Waals surface area contributed by atoms with Crippen molar-refractivity contribution in [1.82, 2.24) is 0 Å². The smallest absolute Gasteiger partial charge is 0.0160 e. The van der Waals surface area contributed by atoms with Gasteiger partial charge in [0.15, 0.2) is 0 Å². The average Bonchev–Trinajstić information content (AvgIpc) is 1.81. The molecule has 0 bridgehead atoms. The summed E-state index contributed by atoms with van der Waals surface area (Å²) < 4.78 is 0. The number of hydrogen-bond donors (Lipinski definition) is 2. The molecule has 0 fully saturated rings. The summed E-state index contributed by atoms with van der Waals surface area (Å²) in [4.78, 5) is 0.